The Labute approximate surface area is 50.7 Å². The van der Waals surface area contributed by atoms with Gasteiger partial charge in [-0.3, -0.25) is 0 Å². The largest absolute Gasteiger partial charge is 0.272 e. The summed E-state index contributed by atoms with van der Waals surface area (Å²) in [7, 11) is 0. The fourth-order valence-corrected chi connectivity index (χ4v) is 0.637. The third kappa shape index (κ3) is 1.59. The van der Waals surface area contributed by atoms with E-state index in [4.69, 9.17) is 0 Å². The van der Waals surface area contributed by atoms with E-state index in [1.165, 1.54) is 0 Å². The van der Waals surface area contributed by atoms with Gasteiger partial charge in [-0.15, -0.1) is 0 Å². The van der Waals surface area contributed by atoms with Crippen molar-refractivity contribution in [1.82, 2.24) is 0 Å². The molecule has 0 radical (unpaired) electrons. The maximum atomic E-state index is 12.1. The van der Waals surface area contributed by atoms with E-state index < -0.39 is 11.7 Å². The summed E-state index contributed by atoms with van der Waals surface area (Å²) >= 11 is 0. The molecule has 0 amide bonds. The zero-order valence-electron chi connectivity index (χ0n) is 4.57. The topological polar surface area (TPSA) is 0 Å². The fourth-order valence-electron chi connectivity index (χ4n) is 0.637. The van der Waals surface area contributed by atoms with E-state index in [9.17, 15) is 13.2 Å². The molecule has 0 aromatic carbocycles. The second kappa shape index (κ2) is 1.90. The van der Waals surface area contributed by atoms with Crippen molar-refractivity contribution in [2.45, 2.75) is 12.3 Å². The molecule has 0 fully saturated rings. The first-order chi connectivity index (χ1) is 4.10. The Hall–Kier alpha value is -0.730. The lowest BCUT2D eigenvalue weighted by Crippen LogP contribution is -2.12. The summed E-state index contributed by atoms with van der Waals surface area (Å²) in [5.41, 5.74) is 0. The number of halogens is 3. The van der Waals surface area contributed by atoms with E-state index in [1.807, 2.05) is 0 Å². The van der Waals surface area contributed by atoms with Crippen LogP contribution in [0.2, 0.25) is 0 Å². The van der Waals surface area contributed by atoms with Crippen molar-refractivity contribution in [1.29, 1.82) is 0 Å². The molecular weight excluding hydrogens is 129 g/mol. The molecule has 1 aliphatic carbocycles. The monoisotopic (exact) mass is 134 g/mol. The number of alkyl halides is 2. The second-order valence-corrected chi connectivity index (χ2v) is 1.90. The van der Waals surface area contributed by atoms with Crippen molar-refractivity contribution < 1.29 is 13.2 Å². The van der Waals surface area contributed by atoms with Crippen LogP contribution in [0.15, 0.2) is 24.1 Å². The van der Waals surface area contributed by atoms with E-state index in [0.29, 0.717) is 6.08 Å². The van der Waals surface area contributed by atoms with Crippen molar-refractivity contribution in [3.8, 4) is 0 Å². The molecule has 0 spiro atoms. The highest BCUT2D eigenvalue weighted by Gasteiger charge is 2.26. The van der Waals surface area contributed by atoms with Gasteiger partial charge in [0.15, 0.2) is 0 Å². The van der Waals surface area contributed by atoms with Crippen molar-refractivity contribution >= 4 is 0 Å². The summed E-state index contributed by atoms with van der Waals surface area (Å²) < 4.78 is 36.1. The Morgan fingerprint density at radius 1 is 1.44 bits per heavy atom. The van der Waals surface area contributed by atoms with Crippen LogP contribution in [-0.4, -0.2) is 5.92 Å². The zero-order valence-corrected chi connectivity index (χ0v) is 4.57. The number of hydrogen-bond acceptors (Lipinski definition) is 0. The summed E-state index contributed by atoms with van der Waals surface area (Å²) in [5, 5.41) is 0. The van der Waals surface area contributed by atoms with Gasteiger partial charge in [0.1, 0.15) is 5.83 Å². The molecule has 1 aliphatic rings. The van der Waals surface area contributed by atoms with Crippen LogP contribution in [0.25, 0.3) is 0 Å². The molecular formula is C6H5F3. The van der Waals surface area contributed by atoms with Crippen LogP contribution in [-0.2, 0) is 0 Å². The van der Waals surface area contributed by atoms with E-state index in [0.717, 1.165) is 12.2 Å². The third-order valence-electron chi connectivity index (χ3n) is 1.02. The van der Waals surface area contributed by atoms with Gasteiger partial charge in [-0.05, 0) is 6.08 Å². The van der Waals surface area contributed by atoms with E-state index in [1.54, 1.807) is 0 Å². The number of rotatable bonds is 0. The van der Waals surface area contributed by atoms with Crippen LogP contribution in [0.4, 0.5) is 13.2 Å². The van der Waals surface area contributed by atoms with Crippen LogP contribution >= 0.6 is 0 Å². The summed E-state index contributed by atoms with van der Waals surface area (Å²) in [6.45, 7) is 0. The maximum Gasteiger partial charge on any atom is 0.272 e. The Morgan fingerprint density at radius 3 is 2.44 bits per heavy atom. The lowest BCUT2D eigenvalue weighted by atomic mass is 10.1. The first kappa shape index (κ1) is 6.39. The molecule has 50 valence electrons. The average Bonchev–Trinajstić information content (AvgIpc) is 1.60. The lowest BCUT2D eigenvalue weighted by Gasteiger charge is -2.11. The molecule has 0 saturated heterocycles. The van der Waals surface area contributed by atoms with Gasteiger partial charge < -0.3 is 0 Å². The minimum atomic E-state index is -2.97. The van der Waals surface area contributed by atoms with Gasteiger partial charge in [0.05, 0.1) is 0 Å². The predicted octanol–water partition coefficient (Wildman–Crippen LogP) is 2.44. The van der Waals surface area contributed by atoms with Crippen molar-refractivity contribution in [2.75, 3.05) is 0 Å². The van der Waals surface area contributed by atoms with Gasteiger partial charge in [0.25, 0.3) is 5.92 Å². The Morgan fingerprint density at radius 2 is 2.11 bits per heavy atom. The Balaban J connectivity index is 2.78. The predicted molar refractivity (Wildman–Crippen MR) is 27.9 cm³/mol. The van der Waals surface area contributed by atoms with Crippen LogP contribution in [0.1, 0.15) is 6.42 Å². The summed E-state index contributed by atoms with van der Waals surface area (Å²) in [6.07, 6.45) is 2.10. The van der Waals surface area contributed by atoms with Gasteiger partial charge in [0, 0.05) is 12.5 Å². The summed E-state index contributed by atoms with van der Waals surface area (Å²) in [4.78, 5) is 0. The molecule has 0 aromatic rings. The van der Waals surface area contributed by atoms with Crippen LogP contribution < -0.4 is 0 Å². The minimum Gasteiger partial charge on any atom is -0.207 e. The quantitative estimate of drug-likeness (QED) is 0.477. The fraction of sp³-hybridized carbons (Fsp3) is 0.333. The standard InChI is InChI=1S/C6H5F3/c7-5-2-1-3-6(8,9)4-5/h1-2,4H,3H2. The number of hydrogen-bond donors (Lipinski definition) is 0. The Kier molecular flexibility index (Phi) is 1.35. The van der Waals surface area contributed by atoms with Crippen LogP contribution in [0.3, 0.4) is 0 Å². The van der Waals surface area contributed by atoms with Gasteiger partial charge in [0.2, 0.25) is 0 Å². The zero-order chi connectivity index (χ0) is 6.91. The van der Waals surface area contributed by atoms with Gasteiger partial charge in [-0.1, -0.05) is 6.08 Å². The maximum absolute atomic E-state index is 12.1. The molecule has 1 rings (SSSR count). The van der Waals surface area contributed by atoms with Crippen molar-refractivity contribution in [3.05, 3.63) is 24.1 Å². The van der Waals surface area contributed by atoms with Gasteiger partial charge in [-0.2, -0.15) is 0 Å². The van der Waals surface area contributed by atoms with Gasteiger partial charge in [-0.25, -0.2) is 13.2 Å². The molecule has 0 unspecified atom stereocenters. The van der Waals surface area contributed by atoms with Crippen molar-refractivity contribution in [3.63, 3.8) is 0 Å². The normalized spacial score (nSPS) is 23.7. The van der Waals surface area contributed by atoms with E-state index in [-0.39, 0.29) is 6.42 Å². The van der Waals surface area contributed by atoms with Crippen molar-refractivity contribution in [2.24, 2.45) is 0 Å². The second-order valence-electron chi connectivity index (χ2n) is 1.90. The van der Waals surface area contributed by atoms with Crippen LogP contribution in [0, 0.1) is 0 Å². The molecule has 3 heteroatoms. The molecule has 0 atom stereocenters. The molecule has 0 N–H and O–H groups in total. The molecule has 9 heavy (non-hydrogen) atoms. The molecule has 0 saturated carbocycles. The minimum absolute atomic E-state index is 0.326. The first-order valence-corrected chi connectivity index (χ1v) is 2.53. The highest BCUT2D eigenvalue weighted by Crippen LogP contribution is 2.26. The smallest absolute Gasteiger partial charge is 0.207 e. The number of allylic oxidation sites excluding steroid dienone is 4. The molecule has 0 nitrogen and oxygen atoms in total. The Bertz CT molecular complexity index is 167. The average molecular weight is 134 g/mol. The van der Waals surface area contributed by atoms with Gasteiger partial charge >= 0.3 is 0 Å². The van der Waals surface area contributed by atoms with E-state index in [2.05, 4.69) is 0 Å². The third-order valence-corrected chi connectivity index (χ3v) is 1.02. The molecule has 0 heterocycles. The summed E-state index contributed by atoms with van der Waals surface area (Å²) in [6, 6.07) is 0. The van der Waals surface area contributed by atoms with Crippen LogP contribution in [0.5, 0.6) is 0 Å². The lowest BCUT2D eigenvalue weighted by molar-refractivity contribution is 0.0550. The molecule has 0 bridgehead atoms. The molecule has 0 aliphatic heterocycles. The SMILES string of the molecule is FC1=CC(F)(F)CC=C1. The summed E-state index contributed by atoms with van der Waals surface area (Å²) in [5.74, 6) is -3.83. The molecule has 0 aromatic heterocycles. The highest BCUT2D eigenvalue weighted by atomic mass is 19.3. The first-order valence-electron chi connectivity index (χ1n) is 2.53. The van der Waals surface area contributed by atoms with E-state index >= 15 is 0 Å². The highest BCUT2D eigenvalue weighted by molar-refractivity contribution is 5.20.